The zero-order valence-electron chi connectivity index (χ0n) is 10.8. The van der Waals surface area contributed by atoms with Gasteiger partial charge in [0, 0.05) is 25.2 Å². The summed E-state index contributed by atoms with van der Waals surface area (Å²) in [4.78, 5) is 16.7. The minimum Gasteiger partial charge on any atom is -0.481 e. The molecule has 1 rings (SSSR count). The van der Waals surface area contributed by atoms with E-state index in [4.69, 9.17) is 5.11 Å². The van der Waals surface area contributed by atoms with Crippen LogP contribution in [0.25, 0.3) is 0 Å². The van der Waals surface area contributed by atoms with Crippen molar-refractivity contribution in [2.24, 2.45) is 0 Å². The lowest BCUT2D eigenvalue weighted by Crippen LogP contribution is -2.22. The van der Waals surface area contributed by atoms with Gasteiger partial charge in [0.05, 0.1) is 12.0 Å². The van der Waals surface area contributed by atoms with Gasteiger partial charge in [-0.3, -0.25) is 4.79 Å². The van der Waals surface area contributed by atoms with Crippen molar-refractivity contribution in [2.45, 2.75) is 39.3 Å². The van der Waals surface area contributed by atoms with E-state index in [1.54, 1.807) is 0 Å². The van der Waals surface area contributed by atoms with E-state index in [2.05, 4.69) is 28.3 Å². The van der Waals surface area contributed by atoms with E-state index in [9.17, 15) is 4.79 Å². The smallest absolute Gasteiger partial charge is 0.303 e. The molecule has 0 radical (unpaired) electrons. The Hall–Kier alpha value is -1.36. The van der Waals surface area contributed by atoms with E-state index in [0.29, 0.717) is 12.5 Å². The normalized spacial score (nSPS) is 11.4. The van der Waals surface area contributed by atoms with Crippen LogP contribution in [0.1, 0.15) is 38.4 Å². The molecule has 0 aliphatic heterocycles. The third kappa shape index (κ3) is 4.56. The van der Waals surface area contributed by atoms with Gasteiger partial charge in [0.1, 0.15) is 0 Å². The van der Waals surface area contributed by atoms with Gasteiger partial charge in [0.25, 0.3) is 0 Å². The molecule has 0 saturated carbocycles. The summed E-state index contributed by atoms with van der Waals surface area (Å²) < 4.78 is 2.13. The van der Waals surface area contributed by atoms with Crippen LogP contribution in [-0.4, -0.2) is 39.1 Å². The first-order valence-electron chi connectivity index (χ1n) is 5.91. The van der Waals surface area contributed by atoms with Gasteiger partial charge < -0.3 is 14.6 Å². The first-order valence-corrected chi connectivity index (χ1v) is 5.91. The maximum absolute atomic E-state index is 10.4. The van der Waals surface area contributed by atoms with Crippen LogP contribution in [0.4, 0.5) is 0 Å². The fourth-order valence-electron chi connectivity index (χ4n) is 1.78. The van der Waals surface area contributed by atoms with Gasteiger partial charge in [-0.25, -0.2) is 4.98 Å². The van der Waals surface area contributed by atoms with Gasteiger partial charge in [-0.1, -0.05) is 0 Å². The van der Waals surface area contributed by atoms with Crippen molar-refractivity contribution in [1.29, 1.82) is 0 Å². The Morgan fingerprint density at radius 2 is 2.29 bits per heavy atom. The molecule has 1 aromatic rings. The zero-order chi connectivity index (χ0) is 12.8. The molecular formula is C12H21N3O2. The van der Waals surface area contributed by atoms with Gasteiger partial charge >= 0.3 is 5.97 Å². The third-order valence-electron chi connectivity index (χ3n) is 2.67. The topological polar surface area (TPSA) is 58.4 Å². The summed E-state index contributed by atoms with van der Waals surface area (Å²) in [5.74, 6) is -0.731. The van der Waals surface area contributed by atoms with Crippen molar-refractivity contribution in [3.63, 3.8) is 0 Å². The van der Waals surface area contributed by atoms with Crippen molar-refractivity contribution in [1.82, 2.24) is 14.5 Å². The summed E-state index contributed by atoms with van der Waals surface area (Å²) in [5, 5.41) is 8.57. The summed E-state index contributed by atoms with van der Waals surface area (Å²) in [5.41, 5.74) is 1.16. The number of rotatable bonds is 7. The maximum atomic E-state index is 10.4. The van der Waals surface area contributed by atoms with Gasteiger partial charge in [-0.15, -0.1) is 0 Å². The number of carbonyl (C=O) groups is 1. The van der Waals surface area contributed by atoms with E-state index in [-0.39, 0.29) is 6.42 Å². The Morgan fingerprint density at radius 1 is 1.59 bits per heavy atom. The van der Waals surface area contributed by atoms with Crippen LogP contribution >= 0.6 is 0 Å². The summed E-state index contributed by atoms with van der Waals surface area (Å²) in [7, 11) is 2.00. The molecule has 0 aromatic carbocycles. The highest BCUT2D eigenvalue weighted by Gasteiger charge is 2.08. The Balaban J connectivity index is 2.42. The molecule has 0 unspecified atom stereocenters. The fraction of sp³-hybridized carbons (Fsp3) is 0.667. The molecule has 5 heteroatoms. The zero-order valence-corrected chi connectivity index (χ0v) is 10.8. The monoisotopic (exact) mass is 239 g/mol. The van der Waals surface area contributed by atoms with Crippen LogP contribution in [0.2, 0.25) is 0 Å². The Bertz CT molecular complexity index is 360. The Labute approximate surface area is 102 Å². The first-order chi connectivity index (χ1) is 8.00. The fourth-order valence-corrected chi connectivity index (χ4v) is 1.78. The number of carboxylic acids is 1. The minimum absolute atomic E-state index is 0.230. The molecule has 0 amide bonds. The van der Waals surface area contributed by atoms with Crippen LogP contribution in [0.15, 0.2) is 12.5 Å². The highest BCUT2D eigenvalue weighted by atomic mass is 16.4. The lowest BCUT2D eigenvalue weighted by Gasteiger charge is -2.18. The molecule has 5 nitrogen and oxygen atoms in total. The third-order valence-corrected chi connectivity index (χ3v) is 2.67. The second-order valence-electron chi connectivity index (χ2n) is 4.62. The molecule has 0 aliphatic carbocycles. The summed E-state index contributed by atoms with van der Waals surface area (Å²) in [6.45, 7) is 5.83. The van der Waals surface area contributed by atoms with Gasteiger partial charge in [-0.05, 0) is 33.9 Å². The van der Waals surface area contributed by atoms with Crippen molar-refractivity contribution in [3.8, 4) is 0 Å². The summed E-state index contributed by atoms with van der Waals surface area (Å²) in [6.07, 6.45) is 4.62. The molecule has 96 valence electrons. The molecule has 1 aromatic heterocycles. The number of aromatic nitrogens is 2. The molecule has 0 saturated heterocycles. The van der Waals surface area contributed by atoms with E-state index in [1.165, 1.54) is 0 Å². The number of nitrogens with zero attached hydrogens (tertiary/aromatic N) is 3. The summed E-state index contributed by atoms with van der Waals surface area (Å²) in [6, 6.07) is 0.403. The molecule has 0 aliphatic rings. The van der Waals surface area contributed by atoms with Crippen molar-refractivity contribution in [3.05, 3.63) is 18.2 Å². The largest absolute Gasteiger partial charge is 0.481 e. The second-order valence-corrected chi connectivity index (χ2v) is 4.62. The average Bonchev–Trinajstić information content (AvgIpc) is 2.65. The van der Waals surface area contributed by atoms with Crippen LogP contribution < -0.4 is 0 Å². The molecular weight excluding hydrogens is 218 g/mol. The predicted octanol–water partition coefficient (Wildman–Crippen LogP) is 1.76. The molecule has 0 atom stereocenters. The van der Waals surface area contributed by atoms with E-state index >= 15 is 0 Å². The Morgan fingerprint density at radius 3 is 2.88 bits per heavy atom. The number of aliphatic carboxylic acids is 1. The lowest BCUT2D eigenvalue weighted by molar-refractivity contribution is -0.137. The van der Waals surface area contributed by atoms with Crippen LogP contribution in [0.5, 0.6) is 0 Å². The van der Waals surface area contributed by atoms with Crippen LogP contribution in [-0.2, 0) is 11.3 Å². The highest BCUT2D eigenvalue weighted by Crippen LogP contribution is 2.10. The number of carboxylic acid groups (broad SMARTS) is 1. The first kappa shape index (κ1) is 13.7. The van der Waals surface area contributed by atoms with E-state index in [0.717, 1.165) is 18.8 Å². The lowest BCUT2D eigenvalue weighted by atomic mass is 10.3. The number of imidazole rings is 1. The van der Waals surface area contributed by atoms with Gasteiger partial charge in [-0.2, -0.15) is 0 Å². The van der Waals surface area contributed by atoms with Crippen LogP contribution in [0.3, 0.4) is 0 Å². The number of hydrogen-bond acceptors (Lipinski definition) is 3. The maximum Gasteiger partial charge on any atom is 0.303 e. The second kappa shape index (κ2) is 6.39. The van der Waals surface area contributed by atoms with Crippen LogP contribution in [0, 0.1) is 0 Å². The minimum atomic E-state index is -0.731. The van der Waals surface area contributed by atoms with Crippen molar-refractivity contribution in [2.75, 3.05) is 13.6 Å². The SMILES string of the molecule is CC(C)n1cncc1CN(C)CCCC(=O)O. The van der Waals surface area contributed by atoms with Crippen molar-refractivity contribution < 1.29 is 9.90 Å². The molecule has 0 bridgehead atoms. The quantitative estimate of drug-likeness (QED) is 0.787. The Kier molecular flexibility index (Phi) is 5.15. The van der Waals surface area contributed by atoms with E-state index in [1.807, 2.05) is 19.6 Å². The standard InChI is InChI=1S/C12H21N3O2/c1-10(2)15-9-13-7-11(15)8-14(3)6-4-5-12(16)17/h7,9-10H,4-6,8H2,1-3H3,(H,16,17). The van der Waals surface area contributed by atoms with Crippen molar-refractivity contribution >= 4 is 5.97 Å². The average molecular weight is 239 g/mol. The van der Waals surface area contributed by atoms with E-state index < -0.39 is 5.97 Å². The molecule has 1 heterocycles. The molecule has 17 heavy (non-hydrogen) atoms. The molecule has 1 N–H and O–H groups in total. The predicted molar refractivity (Wildman–Crippen MR) is 65.8 cm³/mol. The summed E-state index contributed by atoms with van der Waals surface area (Å²) >= 11 is 0. The van der Waals surface area contributed by atoms with Gasteiger partial charge in [0.15, 0.2) is 0 Å². The molecule has 0 spiro atoms. The highest BCUT2D eigenvalue weighted by molar-refractivity contribution is 5.66. The van der Waals surface area contributed by atoms with Gasteiger partial charge in [0.2, 0.25) is 0 Å². The number of hydrogen-bond donors (Lipinski definition) is 1. The molecule has 0 fully saturated rings.